The van der Waals surface area contributed by atoms with Crippen LogP contribution in [0, 0.1) is 116 Å². The fraction of sp³-hybridized carbons (Fsp3) is 0.277. The summed E-state index contributed by atoms with van der Waals surface area (Å²) in [6, 6.07) is 76.3. The fourth-order valence-corrected chi connectivity index (χ4v) is 15.8. The monoisotopic (exact) mass is 2230 g/mol. The molecular formula is C112H107Ir3N9O3-6. The molecule has 0 spiro atoms. The second kappa shape index (κ2) is 43.7. The number of rotatable bonds is 11. The van der Waals surface area contributed by atoms with Crippen LogP contribution in [0.2, 0.25) is 0 Å². The summed E-state index contributed by atoms with van der Waals surface area (Å²) in [5.41, 5.74) is 17.9. The van der Waals surface area contributed by atoms with Crippen molar-refractivity contribution in [2.24, 2.45) is 17.3 Å². The van der Waals surface area contributed by atoms with Crippen LogP contribution in [0.15, 0.2) is 251 Å². The Hall–Kier alpha value is -11.0. The Morgan fingerprint density at radius 2 is 0.748 bits per heavy atom. The Morgan fingerprint density at radius 1 is 0.378 bits per heavy atom. The van der Waals surface area contributed by atoms with Crippen molar-refractivity contribution < 1.29 is 105 Å². The number of furan rings is 3. The van der Waals surface area contributed by atoms with Crippen LogP contribution in [-0.4, -0.2) is 44.9 Å². The van der Waals surface area contributed by atoms with Gasteiger partial charge in [-0.15, -0.1) is 161 Å². The number of hydrogen-bond acceptors (Lipinski definition) is 12. The van der Waals surface area contributed by atoms with Gasteiger partial charge in [0.15, 0.2) is 0 Å². The molecule has 12 heterocycles. The van der Waals surface area contributed by atoms with Gasteiger partial charge >= 0.3 is 0 Å². The summed E-state index contributed by atoms with van der Waals surface area (Å²) in [6.45, 7) is -2.81. The minimum atomic E-state index is -2.18. The molecule has 3 fully saturated rings. The van der Waals surface area contributed by atoms with Crippen molar-refractivity contribution in [2.75, 3.05) is 0 Å². The second-order valence-corrected chi connectivity index (χ2v) is 32.1. The van der Waals surface area contributed by atoms with Crippen LogP contribution < -0.4 is 0 Å². The predicted molar refractivity (Wildman–Crippen MR) is 504 cm³/mol. The summed E-state index contributed by atoms with van der Waals surface area (Å²) < 4.78 is 194. The van der Waals surface area contributed by atoms with Crippen molar-refractivity contribution in [1.82, 2.24) is 44.9 Å². The third-order valence-corrected chi connectivity index (χ3v) is 22.6. The molecule has 127 heavy (non-hydrogen) atoms. The van der Waals surface area contributed by atoms with E-state index in [1.807, 2.05) is 124 Å². The summed E-state index contributed by atoms with van der Waals surface area (Å²) >= 11 is 0. The maximum Gasteiger partial charge on any atom is 0.216 e. The number of aryl methyl sites for hydroxylation is 9. The van der Waals surface area contributed by atoms with Gasteiger partial charge < -0.3 is 43.2 Å². The van der Waals surface area contributed by atoms with Crippen LogP contribution in [-0.2, 0) is 73.1 Å². The number of nitrogens with zero attached hydrogens (tertiary/aromatic N) is 9. The molecule has 0 N–H and O–H groups in total. The molecule has 0 atom stereocenters. The van der Waals surface area contributed by atoms with Gasteiger partial charge in [-0.1, -0.05) is 203 Å². The van der Waals surface area contributed by atoms with Gasteiger partial charge in [0.25, 0.3) is 0 Å². The first kappa shape index (κ1) is 67.3. The van der Waals surface area contributed by atoms with Crippen molar-refractivity contribution in [2.45, 2.75) is 184 Å². The number of fused-ring (bicyclic) bond motifs is 9. The number of pyridine rings is 9. The normalized spacial score (nSPS) is 18.7. The zero-order valence-corrected chi connectivity index (χ0v) is 78.0. The van der Waals surface area contributed by atoms with Crippen LogP contribution in [0.1, 0.15) is 208 Å². The third-order valence-electron chi connectivity index (χ3n) is 22.6. The topological polar surface area (TPSA) is 155 Å². The maximum absolute atomic E-state index is 9.05. The second-order valence-electron chi connectivity index (χ2n) is 32.1. The first-order valence-electron chi connectivity index (χ1n) is 53.5. The quantitative estimate of drug-likeness (QED) is 0.113. The smallest absolute Gasteiger partial charge is 0.216 e. The van der Waals surface area contributed by atoms with Crippen molar-refractivity contribution in [1.29, 1.82) is 0 Å². The van der Waals surface area contributed by atoms with E-state index < -0.39 is 59.8 Å². The molecule has 15 heteroatoms. The molecule has 3 radical (unpaired) electrons. The molecule has 3 aliphatic carbocycles. The molecule has 0 saturated heterocycles. The zero-order valence-electron chi connectivity index (χ0n) is 93.8. The van der Waals surface area contributed by atoms with E-state index in [0.29, 0.717) is 90.5 Å². The molecule has 651 valence electrons. The molecule has 18 aromatic rings. The van der Waals surface area contributed by atoms with Crippen LogP contribution in [0.25, 0.3) is 134 Å². The average molecular weight is 2230 g/mol. The van der Waals surface area contributed by atoms with Crippen molar-refractivity contribution in [3.8, 4) is 67.5 Å². The molecule has 0 bridgehead atoms. The first-order chi connectivity index (χ1) is 69.5. The number of aromatic nitrogens is 9. The molecule has 3 aliphatic rings. The van der Waals surface area contributed by atoms with E-state index in [-0.39, 0.29) is 105 Å². The van der Waals surface area contributed by atoms with Crippen molar-refractivity contribution >= 4 is 66.2 Å². The largest absolute Gasteiger partial charge is 0.486 e. The van der Waals surface area contributed by atoms with Gasteiger partial charge in [0.2, 0.25) is 17.1 Å². The minimum Gasteiger partial charge on any atom is -0.486 e. The summed E-state index contributed by atoms with van der Waals surface area (Å²) in [6.07, 6.45) is 20.9. The van der Waals surface area contributed by atoms with E-state index in [2.05, 4.69) is 107 Å². The van der Waals surface area contributed by atoms with E-state index in [4.69, 9.17) is 44.8 Å². The molecule has 12 aromatic heterocycles. The van der Waals surface area contributed by atoms with Crippen LogP contribution in [0.3, 0.4) is 0 Å². The van der Waals surface area contributed by atoms with Gasteiger partial charge in [-0.3, -0.25) is 0 Å². The molecule has 0 aliphatic heterocycles. The first-order valence-corrected chi connectivity index (χ1v) is 42.0. The summed E-state index contributed by atoms with van der Waals surface area (Å²) in [7, 11) is 0. The van der Waals surface area contributed by atoms with Crippen LogP contribution in [0.5, 0.6) is 0 Å². The fourth-order valence-electron chi connectivity index (χ4n) is 15.8. The average Bonchev–Trinajstić information content (AvgIpc) is 1.49. The Balaban J connectivity index is 0.000000151. The van der Waals surface area contributed by atoms with Crippen LogP contribution >= 0.6 is 0 Å². The third kappa shape index (κ3) is 23.7. The van der Waals surface area contributed by atoms with E-state index >= 15 is 0 Å². The van der Waals surface area contributed by atoms with E-state index in [0.717, 1.165) is 160 Å². The maximum atomic E-state index is 9.05. The SMILES string of the molecule is [2H]C([2H])([2H])c1c[c-]c(-c2ccc(C([2H])([2H])[2H])cn2)cc1.[2H]C([2H])([2H])c1c[c-]c(-c2ccc(C([2H])([2H])[2H])cn2)cc1.[2H]C([2H])([2H])c1c[c-]c(-c2ccc(C([2H])([2H])[2H])cn2)cc1.[2H]C([2H])(c1ccnc(-c2[c-]ccc3c2oc2nc(C)ccc23)c1)C1(C)CCC(C)CC1.[2H]C([2H])(c1ccnc(-c2[c-]ccc3c2oc2nc(C)ccc23)c1)C1CCCCC1.[2H]C1(c2ccnc(-c3[c-]ccc4c3oc3nc(C)ccc34)c2)CCCCC1.[Ir].[Ir].[Ir]. The zero-order chi connectivity index (χ0) is 105. The molecule has 3 saturated carbocycles. The van der Waals surface area contributed by atoms with Crippen molar-refractivity contribution in [3.05, 3.63) is 341 Å². The summed E-state index contributed by atoms with van der Waals surface area (Å²) in [5.74, 6) is 0.232. The minimum absolute atomic E-state index is 0. The van der Waals surface area contributed by atoms with Crippen molar-refractivity contribution in [3.63, 3.8) is 0 Å². The Bertz CT molecular complexity index is 7240. The van der Waals surface area contributed by atoms with Gasteiger partial charge in [-0.2, -0.15) is 0 Å². The molecule has 12 nitrogen and oxygen atoms in total. The molecule has 21 rings (SSSR count). The van der Waals surface area contributed by atoms with E-state index in [1.165, 1.54) is 86.0 Å². The molecule has 6 aromatic carbocycles. The summed E-state index contributed by atoms with van der Waals surface area (Å²) in [4.78, 5) is 39.4. The van der Waals surface area contributed by atoms with E-state index in [1.54, 1.807) is 48.8 Å². The van der Waals surface area contributed by atoms with Gasteiger partial charge in [0.1, 0.15) is 0 Å². The Labute approximate surface area is 821 Å². The van der Waals surface area contributed by atoms with Gasteiger partial charge in [0, 0.05) is 162 Å². The van der Waals surface area contributed by atoms with Gasteiger partial charge in [-0.05, 0) is 208 Å². The van der Waals surface area contributed by atoms with E-state index in [9.17, 15) is 0 Å². The van der Waals surface area contributed by atoms with Gasteiger partial charge in [-0.25, -0.2) is 15.0 Å². The van der Waals surface area contributed by atoms with Gasteiger partial charge in [0.05, 0.1) is 16.7 Å². The summed E-state index contributed by atoms with van der Waals surface area (Å²) in [5, 5.41) is 5.91. The Kier molecular flexibility index (Phi) is 23.1. The van der Waals surface area contributed by atoms with Crippen LogP contribution in [0.4, 0.5) is 0 Å². The number of hydrogen-bond donors (Lipinski definition) is 0. The molecule has 0 unspecified atom stereocenters. The number of benzene rings is 6. The molecule has 0 amide bonds. The predicted octanol–water partition coefficient (Wildman–Crippen LogP) is 28.9. The Morgan fingerprint density at radius 3 is 1.13 bits per heavy atom. The molecular weight excluding hydrogens is 2100 g/mol. The standard InChI is InChI=1S/C26H27N2O.C24H23N2O.C23H21N2O.3C13H12N.3Ir/c1-17-9-12-26(3,13-10-17)16-19-11-14-27-23(15-19)22-6-4-5-20-21-8-7-18(2)28-25(21)29-24(20)22;1-16-10-11-20-19-8-5-9-21(23(19)27-24(20)26-16)22-15-18(12-13-25-22)14-17-6-3-2-4-7-17;1-15-10-11-19-18-8-5-9-20(22(18)26-23(19)25-15)21-14-17(12-13-24-21)16-6-3-2-4-7-16;3*1-10-3-6-12(7-4-10)13-8-5-11(2)9-14-13;;;/h4-5,7-8,11,14-15,17H,9-10,12-13,16H2,1-3H3;5,8,10-13,15,17H,2-4,6-7,14H2,1H3;5,8,10-14,16H,2-4,6-7H2,1H3;3*3-6,8-9H,1-2H3;;;/q6*-1;;;/i16D2;14D2;16D;3*1D3,2D3;;;.